The molecular weight excluding hydrogens is 348 g/mol. The van der Waals surface area contributed by atoms with E-state index in [-0.39, 0.29) is 11.0 Å². The fraction of sp³-hybridized carbons (Fsp3) is 0.650. The van der Waals surface area contributed by atoms with Gasteiger partial charge in [0, 0.05) is 11.3 Å². The SMILES string of the molecule is CCc1nc2sc3c(c2c(=O)n1C(CC)C(=O)O)CCC(C(C)(C)C)C3. The molecule has 2 atom stereocenters. The molecule has 0 radical (unpaired) electrons. The van der Waals surface area contributed by atoms with E-state index in [2.05, 4.69) is 20.8 Å². The Morgan fingerprint density at radius 3 is 2.62 bits per heavy atom. The van der Waals surface area contributed by atoms with Gasteiger partial charge in [0.25, 0.3) is 5.56 Å². The van der Waals surface area contributed by atoms with Crippen LogP contribution in [0.3, 0.4) is 0 Å². The highest BCUT2D eigenvalue weighted by Gasteiger charge is 2.33. The highest BCUT2D eigenvalue weighted by atomic mass is 32.1. The van der Waals surface area contributed by atoms with E-state index in [0.717, 1.165) is 29.7 Å². The van der Waals surface area contributed by atoms with E-state index >= 15 is 0 Å². The number of aromatic nitrogens is 2. The molecule has 0 spiro atoms. The average molecular weight is 377 g/mol. The van der Waals surface area contributed by atoms with Gasteiger partial charge in [-0.15, -0.1) is 11.3 Å². The fourth-order valence-corrected chi connectivity index (χ4v) is 5.37. The van der Waals surface area contributed by atoms with E-state index < -0.39 is 12.0 Å². The van der Waals surface area contributed by atoms with Crippen molar-refractivity contribution in [2.45, 2.75) is 72.8 Å². The topological polar surface area (TPSA) is 72.2 Å². The van der Waals surface area contributed by atoms with E-state index in [4.69, 9.17) is 4.98 Å². The van der Waals surface area contributed by atoms with Crippen molar-refractivity contribution >= 4 is 27.5 Å². The first-order chi connectivity index (χ1) is 12.2. The van der Waals surface area contributed by atoms with Crippen LogP contribution in [0.5, 0.6) is 0 Å². The number of carboxylic acid groups (broad SMARTS) is 1. The number of hydrogen-bond donors (Lipinski definition) is 1. The Morgan fingerprint density at radius 1 is 1.38 bits per heavy atom. The number of aliphatic carboxylic acids is 1. The second kappa shape index (κ2) is 6.80. The third-order valence-corrected chi connectivity index (χ3v) is 6.86. The van der Waals surface area contributed by atoms with Crippen molar-refractivity contribution in [2.75, 3.05) is 0 Å². The van der Waals surface area contributed by atoms with Gasteiger partial charge in [0.1, 0.15) is 16.7 Å². The maximum atomic E-state index is 13.3. The maximum Gasteiger partial charge on any atom is 0.326 e. The minimum absolute atomic E-state index is 0.173. The zero-order valence-electron chi connectivity index (χ0n) is 16.3. The lowest BCUT2D eigenvalue weighted by molar-refractivity contribution is -0.141. The molecule has 2 aromatic rings. The second-order valence-corrected chi connectivity index (χ2v) is 9.39. The van der Waals surface area contributed by atoms with E-state index in [1.54, 1.807) is 18.3 Å². The molecule has 2 aromatic heterocycles. The molecule has 0 saturated heterocycles. The number of carboxylic acids is 1. The van der Waals surface area contributed by atoms with Crippen LogP contribution in [0.1, 0.15) is 69.8 Å². The van der Waals surface area contributed by atoms with E-state index in [1.165, 1.54) is 9.44 Å². The van der Waals surface area contributed by atoms with Gasteiger partial charge in [0.15, 0.2) is 0 Å². The first kappa shape index (κ1) is 19.1. The van der Waals surface area contributed by atoms with Crippen LogP contribution >= 0.6 is 11.3 Å². The predicted octanol–water partition coefficient (Wildman–Crippen LogP) is 4.21. The molecule has 1 aliphatic carbocycles. The van der Waals surface area contributed by atoms with E-state index in [9.17, 15) is 14.7 Å². The summed E-state index contributed by atoms with van der Waals surface area (Å²) in [5, 5.41) is 10.2. The van der Waals surface area contributed by atoms with Gasteiger partial charge in [-0.3, -0.25) is 9.36 Å². The van der Waals surface area contributed by atoms with Crippen molar-refractivity contribution in [2.24, 2.45) is 11.3 Å². The quantitative estimate of drug-likeness (QED) is 0.868. The Morgan fingerprint density at radius 2 is 2.08 bits per heavy atom. The van der Waals surface area contributed by atoms with Crippen LogP contribution in [0.15, 0.2) is 4.79 Å². The lowest BCUT2D eigenvalue weighted by Gasteiger charge is -2.33. The predicted molar refractivity (Wildman–Crippen MR) is 105 cm³/mol. The van der Waals surface area contributed by atoms with Crippen LogP contribution in [-0.4, -0.2) is 20.6 Å². The number of hydrogen-bond acceptors (Lipinski definition) is 4. The van der Waals surface area contributed by atoms with Gasteiger partial charge in [0.05, 0.1) is 5.39 Å². The Kier molecular flexibility index (Phi) is 4.99. The van der Waals surface area contributed by atoms with Crippen molar-refractivity contribution in [3.8, 4) is 0 Å². The summed E-state index contributed by atoms with van der Waals surface area (Å²) >= 11 is 1.63. The number of nitrogens with zero attached hydrogens (tertiary/aromatic N) is 2. The van der Waals surface area contributed by atoms with Gasteiger partial charge in [-0.1, -0.05) is 34.6 Å². The molecule has 5 nitrogen and oxygen atoms in total. The molecule has 1 N–H and O–H groups in total. The molecule has 3 rings (SSSR count). The molecule has 6 heteroatoms. The molecule has 0 amide bonds. The number of fused-ring (bicyclic) bond motifs is 3. The lowest BCUT2D eigenvalue weighted by Crippen LogP contribution is -2.33. The zero-order chi connectivity index (χ0) is 19.2. The van der Waals surface area contributed by atoms with Gasteiger partial charge < -0.3 is 5.11 Å². The van der Waals surface area contributed by atoms with Gasteiger partial charge in [-0.2, -0.15) is 0 Å². The highest BCUT2D eigenvalue weighted by Crippen LogP contribution is 2.42. The standard InChI is InChI=1S/C20H28N2O3S/c1-6-13(19(24)25)22-15(7-2)21-17-16(18(22)23)12-9-8-11(20(3,4)5)10-14(12)26-17/h11,13H,6-10H2,1-5H3,(H,24,25). The first-order valence-corrected chi connectivity index (χ1v) is 10.3. The van der Waals surface area contributed by atoms with Gasteiger partial charge in [-0.05, 0) is 42.6 Å². The van der Waals surface area contributed by atoms with Gasteiger partial charge in [0.2, 0.25) is 0 Å². The molecular formula is C20H28N2O3S. The third kappa shape index (κ3) is 3.08. The smallest absolute Gasteiger partial charge is 0.326 e. The molecule has 1 aliphatic rings. The van der Waals surface area contributed by atoms with Crippen molar-refractivity contribution in [3.05, 3.63) is 26.6 Å². The summed E-state index contributed by atoms with van der Waals surface area (Å²) in [6.07, 6.45) is 3.84. The van der Waals surface area contributed by atoms with Crippen LogP contribution in [0.25, 0.3) is 10.2 Å². The Bertz CT molecular complexity index is 904. The number of aryl methyl sites for hydroxylation is 2. The molecule has 26 heavy (non-hydrogen) atoms. The summed E-state index contributed by atoms with van der Waals surface area (Å²) in [6.45, 7) is 10.5. The van der Waals surface area contributed by atoms with Crippen molar-refractivity contribution < 1.29 is 9.90 Å². The minimum atomic E-state index is -0.970. The van der Waals surface area contributed by atoms with Crippen LogP contribution in [0.4, 0.5) is 0 Å². The summed E-state index contributed by atoms with van der Waals surface area (Å²) < 4.78 is 1.42. The molecule has 0 aromatic carbocycles. The van der Waals surface area contributed by atoms with Gasteiger partial charge >= 0.3 is 5.97 Å². The minimum Gasteiger partial charge on any atom is -0.480 e. The summed E-state index contributed by atoms with van der Waals surface area (Å²) in [5.74, 6) is 0.198. The molecule has 0 bridgehead atoms. The van der Waals surface area contributed by atoms with Crippen molar-refractivity contribution in [1.29, 1.82) is 0 Å². The summed E-state index contributed by atoms with van der Waals surface area (Å²) in [5.41, 5.74) is 1.18. The molecule has 2 unspecified atom stereocenters. The summed E-state index contributed by atoms with van der Waals surface area (Å²) in [7, 11) is 0. The van der Waals surface area contributed by atoms with Crippen molar-refractivity contribution in [3.63, 3.8) is 0 Å². The van der Waals surface area contributed by atoms with Crippen LogP contribution in [0, 0.1) is 11.3 Å². The van der Waals surface area contributed by atoms with Crippen LogP contribution in [-0.2, 0) is 24.1 Å². The normalized spacial score (nSPS) is 18.7. The molecule has 0 aliphatic heterocycles. The number of rotatable bonds is 4. The fourth-order valence-electron chi connectivity index (χ4n) is 4.06. The summed E-state index contributed by atoms with van der Waals surface area (Å²) in [6, 6.07) is -0.851. The Balaban J connectivity index is 2.21. The molecule has 0 saturated carbocycles. The second-order valence-electron chi connectivity index (χ2n) is 8.31. The number of carbonyl (C=O) groups is 1. The van der Waals surface area contributed by atoms with Crippen LogP contribution in [0.2, 0.25) is 0 Å². The third-order valence-electron chi connectivity index (χ3n) is 5.71. The zero-order valence-corrected chi connectivity index (χ0v) is 17.1. The molecule has 0 fully saturated rings. The highest BCUT2D eigenvalue weighted by molar-refractivity contribution is 7.18. The van der Waals surface area contributed by atoms with E-state index in [1.807, 2.05) is 6.92 Å². The molecule has 142 valence electrons. The molecule has 2 heterocycles. The first-order valence-electron chi connectivity index (χ1n) is 9.47. The lowest BCUT2D eigenvalue weighted by atomic mass is 9.72. The Labute approximate surface area is 158 Å². The summed E-state index contributed by atoms with van der Waals surface area (Å²) in [4.78, 5) is 31.7. The van der Waals surface area contributed by atoms with Crippen molar-refractivity contribution in [1.82, 2.24) is 9.55 Å². The van der Waals surface area contributed by atoms with E-state index in [0.29, 0.717) is 30.0 Å². The average Bonchev–Trinajstić information content (AvgIpc) is 2.93. The number of thiophene rings is 1. The Hall–Kier alpha value is -1.69. The largest absolute Gasteiger partial charge is 0.480 e. The van der Waals surface area contributed by atoms with Gasteiger partial charge in [-0.25, -0.2) is 9.78 Å². The monoisotopic (exact) mass is 376 g/mol. The van der Waals surface area contributed by atoms with Crippen LogP contribution < -0.4 is 5.56 Å². The maximum absolute atomic E-state index is 13.3.